The second kappa shape index (κ2) is 4.13. The number of carbonyl (C=O) groups excluding carboxylic acids is 1. The van der Waals surface area contributed by atoms with Crippen LogP contribution in [0, 0.1) is 5.82 Å². The van der Waals surface area contributed by atoms with Crippen LogP contribution in [0.3, 0.4) is 0 Å². The van der Waals surface area contributed by atoms with Crippen LogP contribution >= 0.6 is 11.5 Å². The van der Waals surface area contributed by atoms with E-state index in [9.17, 15) is 9.18 Å². The Morgan fingerprint density at radius 3 is 2.89 bits per heavy atom. The number of nitrogens with one attached hydrogen (secondary N) is 1. The lowest BCUT2D eigenvalue weighted by Gasteiger charge is -2.14. The predicted molar refractivity (Wildman–Crippen MR) is 65.9 cm³/mol. The van der Waals surface area contributed by atoms with Gasteiger partial charge in [-0.25, -0.2) is 4.39 Å². The highest BCUT2D eigenvalue weighted by atomic mass is 32.1. The molecule has 1 amide bonds. The van der Waals surface area contributed by atoms with Crippen LogP contribution in [-0.4, -0.2) is 15.5 Å². The van der Waals surface area contributed by atoms with E-state index in [-0.39, 0.29) is 11.7 Å². The van der Waals surface area contributed by atoms with E-state index < -0.39 is 5.41 Å². The highest BCUT2D eigenvalue weighted by Gasteiger charge is 2.51. The van der Waals surface area contributed by atoms with Crippen molar-refractivity contribution in [2.24, 2.45) is 0 Å². The lowest BCUT2D eigenvalue weighted by molar-refractivity contribution is -0.118. The first kappa shape index (κ1) is 11.3. The van der Waals surface area contributed by atoms with Gasteiger partial charge >= 0.3 is 0 Å². The van der Waals surface area contributed by atoms with E-state index in [1.54, 1.807) is 12.1 Å². The van der Waals surface area contributed by atoms with Crippen molar-refractivity contribution in [1.29, 1.82) is 0 Å². The monoisotopic (exact) mass is 263 g/mol. The van der Waals surface area contributed by atoms with Gasteiger partial charge in [-0.1, -0.05) is 16.6 Å². The van der Waals surface area contributed by atoms with Crippen molar-refractivity contribution in [2.45, 2.75) is 18.3 Å². The van der Waals surface area contributed by atoms with Crippen molar-refractivity contribution in [3.05, 3.63) is 41.8 Å². The zero-order valence-corrected chi connectivity index (χ0v) is 10.2. The average Bonchev–Trinajstić information content (AvgIpc) is 3.03. The Labute approximate surface area is 107 Å². The Bertz CT molecular complexity index is 581. The molecule has 18 heavy (non-hydrogen) atoms. The summed E-state index contributed by atoms with van der Waals surface area (Å²) in [6.45, 7) is 0. The summed E-state index contributed by atoms with van der Waals surface area (Å²) in [5.41, 5.74) is 0.156. The zero-order chi connectivity index (χ0) is 12.6. The molecule has 1 saturated carbocycles. The Kier molecular flexibility index (Phi) is 2.59. The molecule has 4 nitrogen and oxygen atoms in total. The number of benzene rings is 1. The van der Waals surface area contributed by atoms with E-state index in [2.05, 4.69) is 14.9 Å². The SMILES string of the molecule is O=C(Nc1cnns1)C1(c2cccc(F)c2)CC1. The molecule has 0 unspecified atom stereocenters. The molecule has 1 aliphatic carbocycles. The molecule has 3 rings (SSSR count). The van der Waals surface area contributed by atoms with Gasteiger partial charge in [-0.15, -0.1) is 5.10 Å². The van der Waals surface area contributed by atoms with E-state index in [1.807, 2.05) is 0 Å². The van der Waals surface area contributed by atoms with Gasteiger partial charge in [-0.05, 0) is 30.5 Å². The highest BCUT2D eigenvalue weighted by Crippen LogP contribution is 2.49. The van der Waals surface area contributed by atoms with Crippen LogP contribution in [0.25, 0.3) is 0 Å². The predicted octanol–water partition coefficient (Wildman–Crippen LogP) is 2.35. The molecule has 2 aromatic rings. The quantitative estimate of drug-likeness (QED) is 0.924. The number of amides is 1. The van der Waals surface area contributed by atoms with Gasteiger partial charge in [-0.3, -0.25) is 4.79 Å². The number of aromatic nitrogens is 2. The first-order valence-corrected chi connectivity index (χ1v) is 6.33. The van der Waals surface area contributed by atoms with Crippen molar-refractivity contribution in [3.63, 3.8) is 0 Å². The van der Waals surface area contributed by atoms with Crippen molar-refractivity contribution in [2.75, 3.05) is 5.32 Å². The molecule has 0 spiro atoms. The standard InChI is InChI=1S/C12H10FN3OS/c13-9-3-1-2-8(6-9)12(4-5-12)11(17)15-10-7-14-16-18-10/h1-3,6-7H,4-5H2,(H,15,17). The summed E-state index contributed by atoms with van der Waals surface area (Å²) < 4.78 is 16.9. The molecule has 1 fully saturated rings. The van der Waals surface area contributed by atoms with E-state index in [0.717, 1.165) is 29.9 Å². The number of halogens is 1. The number of nitrogens with zero attached hydrogens (tertiary/aromatic N) is 2. The van der Waals surface area contributed by atoms with Crippen LogP contribution < -0.4 is 5.32 Å². The normalized spacial score (nSPS) is 16.3. The summed E-state index contributed by atoms with van der Waals surface area (Å²) in [7, 11) is 0. The molecule has 0 atom stereocenters. The fraction of sp³-hybridized carbons (Fsp3) is 0.250. The molecule has 0 radical (unpaired) electrons. The van der Waals surface area contributed by atoms with Gasteiger partial charge in [0, 0.05) is 11.5 Å². The van der Waals surface area contributed by atoms with Crippen LogP contribution in [0.2, 0.25) is 0 Å². The first-order valence-electron chi connectivity index (χ1n) is 5.56. The van der Waals surface area contributed by atoms with Crippen LogP contribution in [0.15, 0.2) is 30.5 Å². The first-order chi connectivity index (χ1) is 8.71. The second-order valence-electron chi connectivity index (χ2n) is 4.33. The molecular weight excluding hydrogens is 253 g/mol. The third-order valence-electron chi connectivity index (χ3n) is 3.16. The number of anilines is 1. The third kappa shape index (κ3) is 1.88. The van der Waals surface area contributed by atoms with E-state index in [4.69, 9.17) is 0 Å². The number of hydrogen-bond donors (Lipinski definition) is 1. The van der Waals surface area contributed by atoms with E-state index in [0.29, 0.717) is 5.00 Å². The summed E-state index contributed by atoms with van der Waals surface area (Å²) in [5, 5.41) is 7.05. The van der Waals surface area contributed by atoms with Crippen LogP contribution in [0.5, 0.6) is 0 Å². The number of rotatable bonds is 3. The lowest BCUT2D eigenvalue weighted by Crippen LogP contribution is -2.27. The number of carbonyl (C=O) groups is 1. The minimum absolute atomic E-state index is 0.112. The fourth-order valence-electron chi connectivity index (χ4n) is 2.01. The van der Waals surface area contributed by atoms with Crippen LogP contribution in [0.4, 0.5) is 9.39 Å². The van der Waals surface area contributed by atoms with Gasteiger partial charge in [-0.2, -0.15) is 0 Å². The summed E-state index contributed by atoms with van der Waals surface area (Å²) >= 11 is 1.13. The maximum atomic E-state index is 13.2. The van der Waals surface area contributed by atoms with Crippen LogP contribution in [-0.2, 0) is 10.2 Å². The minimum atomic E-state index is -0.577. The fourth-order valence-corrected chi connectivity index (χ4v) is 2.43. The largest absolute Gasteiger partial charge is 0.314 e. The van der Waals surface area contributed by atoms with Crippen LogP contribution in [0.1, 0.15) is 18.4 Å². The molecular formula is C12H10FN3OS. The summed E-state index contributed by atoms with van der Waals surface area (Å²) in [6, 6.07) is 6.23. The van der Waals surface area contributed by atoms with Gasteiger partial charge in [0.05, 0.1) is 11.6 Å². The van der Waals surface area contributed by atoms with E-state index in [1.165, 1.54) is 18.3 Å². The molecule has 1 aliphatic rings. The van der Waals surface area contributed by atoms with Gasteiger partial charge in [0.2, 0.25) is 5.91 Å². The summed E-state index contributed by atoms with van der Waals surface area (Å²) in [5.74, 6) is -0.426. The summed E-state index contributed by atoms with van der Waals surface area (Å²) in [4.78, 5) is 12.2. The van der Waals surface area contributed by atoms with Crippen molar-refractivity contribution in [3.8, 4) is 0 Å². The molecule has 1 aromatic heterocycles. The maximum Gasteiger partial charge on any atom is 0.235 e. The van der Waals surface area contributed by atoms with Crippen molar-refractivity contribution >= 4 is 22.4 Å². The molecule has 0 aliphatic heterocycles. The maximum absolute atomic E-state index is 13.2. The number of hydrogen-bond acceptors (Lipinski definition) is 4. The molecule has 1 N–H and O–H groups in total. The molecule has 0 bridgehead atoms. The van der Waals surface area contributed by atoms with Gasteiger partial charge < -0.3 is 5.32 Å². The third-order valence-corrected chi connectivity index (χ3v) is 3.74. The Hall–Kier alpha value is -1.82. The Morgan fingerprint density at radius 1 is 1.44 bits per heavy atom. The Morgan fingerprint density at radius 2 is 2.28 bits per heavy atom. The molecule has 1 aromatic carbocycles. The van der Waals surface area contributed by atoms with E-state index >= 15 is 0 Å². The highest BCUT2D eigenvalue weighted by molar-refractivity contribution is 7.10. The lowest BCUT2D eigenvalue weighted by atomic mass is 9.95. The van der Waals surface area contributed by atoms with Gasteiger partial charge in [0.25, 0.3) is 0 Å². The molecule has 0 saturated heterocycles. The molecule has 92 valence electrons. The van der Waals surface area contributed by atoms with Crippen molar-refractivity contribution < 1.29 is 9.18 Å². The zero-order valence-electron chi connectivity index (χ0n) is 9.39. The van der Waals surface area contributed by atoms with Gasteiger partial charge in [0.15, 0.2) is 0 Å². The van der Waals surface area contributed by atoms with Crippen molar-refractivity contribution in [1.82, 2.24) is 9.59 Å². The minimum Gasteiger partial charge on any atom is -0.314 e. The summed E-state index contributed by atoms with van der Waals surface area (Å²) in [6.07, 6.45) is 2.99. The topological polar surface area (TPSA) is 54.9 Å². The molecule has 6 heteroatoms. The van der Waals surface area contributed by atoms with Gasteiger partial charge in [0.1, 0.15) is 10.8 Å². The average molecular weight is 263 g/mol. The molecule has 1 heterocycles. The second-order valence-corrected chi connectivity index (χ2v) is 5.11. The Balaban J connectivity index is 1.85. The smallest absolute Gasteiger partial charge is 0.235 e.